The predicted octanol–water partition coefficient (Wildman–Crippen LogP) is 6.14. The van der Waals surface area contributed by atoms with Crippen LogP contribution in [0.25, 0.3) is 0 Å². The van der Waals surface area contributed by atoms with E-state index in [0.717, 1.165) is 5.56 Å². The van der Waals surface area contributed by atoms with Gasteiger partial charge in [0, 0.05) is 23.5 Å². The average molecular weight is 500 g/mol. The first kappa shape index (κ1) is 26.3. The van der Waals surface area contributed by atoms with Gasteiger partial charge in [0.25, 0.3) is 0 Å². The zero-order valence-corrected chi connectivity index (χ0v) is 21.0. The van der Waals surface area contributed by atoms with Crippen molar-refractivity contribution in [3.63, 3.8) is 0 Å². The SMILES string of the molecule is C[C@H](C(=O)NC(C)(C)C)N(Cc1ccc(Cl)c(Cl)c1)C(=O)CCCOc1ccc(Cl)cc1. The molecule has 174 valence electrons. The smallest absolute Gasteiger partial charge is 0.242 e. The van der Waals surface area contributed by atoms with Crippen molar-refractivity contribution in [1.82, 2.24) is 10.2 Å². The molecule has 32 heavy (non-hydrogen) atoms. The van der Waals surface area contributed by atoms with Gasteiger partial charge in [-0.25, -0.2) is 0 Å². The lowest BCUT2D eigenvalue weighted by atomic mass is 10.1. The number of carbonyl (C=O) groups excluding carboxylic acids is 2. The maximum absolute atomic E-state index is 13.1. The van der Waals surface area contributed by atoms with Crippen molar-refractivity contribution in [2.75, 3.05) is 6.61 Å². The van der Waals surface area contributed by atoms with Crippen molar-refractivity contribution in [2.24, 2.45) is 0 Å². The molecule has 0 aliphatic heterocycles. The number of nitrogens with one attached hydrogen (secondary N) is 1. The lowest BCUT2D eigenvalue weighted by molar-refractivity contribution is -0.141. The summed E-state index contributed by atoms with van der Waals surface area (Å²) in [6.45, 7) is 8.04. The van der Waals surface area contributed by atoms with Gasteiger partial charge in [-0.3, -0.25) is 9.59 Å². The second-order valence-electron chi connectivity index (χ2n) is 8.59. The standard InChI is InChI=1S/C24H29Cl3N2O3/c1-16(23(31)28-24(2,3)4)29(15-17-7-12-20(26)21(27)14-17)22(30)6-5-13-32-19-10-8-18(25)9-11-19/h7-12,14,16H,5-6,13,15H2,1-4H3,(H,28,31)/t16-/m1/s1. The molecule has 2 amide bonds. The Labute approximate surface area is 205 Å². The topological polar surface area (TPSA) is 58.6 Å². The highest BCUT2D eigenvalue weighted by Crippen LogP contribution is 2.24. The summed E-state index contributed by atoms with van der Waals surface area (Å²) in [5.74, 6) is 0.322. The molecule has 2 rings (SSSR count). The lowest BCUT2D eigenvalue weighted by Crippen LogP contribution is -2.52. The maximum atomic E-state index is 13.1. The van der Waals surface area contributed by atoms with E-state index in [9.17, 15) is 9.59 Å². The zero-order chi connectivity index (χ0) is 23.9. The van der Waals surface area contributed by atoms with Crippen LogP contribution in [0.1, 0.15) is 46.1 Å². The third-order valence-electron chi connectivity index (χ3n) is 4.62. The number of carbonyl (C=O) groups is 2. The average Bonchev–Trinajstić information content (AvgIpc) is 2.71. The van der Waals surface area contributed by atoms with Crippen LogP contribution in [-0.2, 0) is 16.1 Å². The Morgan fingerprint density at radius 2 is 1.69 bits per heavy atom. The predicted molar refractivity (Wildman–Crippen MR) is 131 cm³/mol. The van der Waals surface area contributed by atoms with Gasteiger partial charge in [-0.05, 0) is 76.1 Å². The Balaban J connectivity index is 2.05. The number of amides is 2. The molecule has 0 fully saturated rings. The fraction of sp³-hybridized carbons (Fsp3) is 0.417. The van der Waals surface area contributed by atoms with Crippen LogP contribution >= 0.6 is 34.8 Å². The monoisotopic (exact) mass is 498 g/mol. The van der Waals surface area contributed by atoms with Gasteiger partial charge in [-0.1, -0.05) is 40.9 Å². The number of rotatable bonds is 9. The fourth-order valence-corrected chi connectivity index (χ4v) is 3.43. The maximum Gasteiger partial charge on any atom is 0.242 e. The van der Waals surface area contributed by atoms with Gasteiger partial charge < -0.3 is 15.0 Å². The summed E-state index contributed by atoms with van der Waals surface area (Å²) in [5, 5.41) is 4.41. The van der Waals surface area contributed by atoms with E-state index >= 15 is 0 Å². The number of nitrogens with zero attached hydrogens (tertiary/aromatic N) is 1. The van der Waals surface area contributed by atoms with Gasteiger partial charge in [0.1, 0.15) is 11.8 Å². The van der Waals surface area contributed by atoms with E-state index in [2.05, 4.69) is 5.32 Å². The van der Waals surface area contributed by atoms with Crippen LogP contribution in [0.2, 0.25) is 15.1 Å². The van der Waals surface area contributed by atoms with E-state index in [1.165, 1.54) is 0 Å². The highest BCUT2D eigenvalue weighted by molar-refractivity contribution is 6.42. The molecule has 0 aromatic heterocycles. The summed E-state index contributed by atoms with van der Waals surface area (Å²) in [6, 6.07) is 11.6. The minimum atomic E-state index is -0.659. The van der Waals surface area contributed by atoms with Crippen molar-refractivity contribution < 1.29 is 14.3 Å². The summed E-state index contributed by atoms with van der Waals surface area (Å²) >= 11 is 18.0. The van der Waals surface area contributed by atoms with E-state index in [4.69, 9.17) is 39.5 Å². The number of ether oxygens (including phenoxy) is 1. The molecule has 5 nitrogen and oxygen atoms in total. The second-order valence-corrected chi connectivity index (χ2v) is 9.84. The van der Waals surface area contributed by atoms with Crippen LogP contribution in [0.5, 0.6) is 5.75 Å². The molecular weight excluding hydrogens is 471 g/mol. The molecule has 1 atom stereocenters. The van der Waals surface area contributed by atoms with Gasteiger partial charge in [-0.15, -0.1) is 0 Å². The molecule has 0 spiro atoms. The second kappa shape index (κ2) is 11.8. The van der Waals surface area contributed by atoms with Crippen molar-refractivity contribution in [3.8, 4) is 5.75 Å². The minimum Gasteiger partial charge on any atom is -0.494 e. The molecule has 0 aliphatic carbocycles. The highest BCUT2D eigenvalue weighted by atomic mass is 35.5. The number of hydrogen-bond donors (Lipinski definition) is 1. The zero-order valence-electron chi connectivity index (χ0n) is 18.8. The molecule has 0 radical (unpaired) electrons. The van der Waals surface area contributed by atoms with Gasteiger partial charge in [0.2, 0.25) is 11.8 Å². The summed E-state index contributed by atoms with van der Waals surface area (Å²) in [7, 11) is 0. The third kappa shape index (κ3) is 8.53. The molecule has 0 bridgehead atoms. The molecule has 8 heteroatoms. The summed E-state index contributed by atoms with van der Waals surface area (Å²) < 4.78 is 5.67. The number of benzene rings is 2. The van der Waals surface area contributed by atoms with Crippen LogP contribution in [0, 0.1) is 0 Å². The van der Waals surface area contributed by atoms with Gasteiger partial charge in [0.15, 0.2) is 0 Å². The van der Waals surface area contributed by atoms with Crippen molar-refractivity contribution in [2.45, 2.75) is 58.7 Å². The first-order chi connectivity index (χ1) is 15.0. The fourth-order valence-electron chi connectivity index (χ4n) is 2.98. The van der Waals surface area contributed by atoms with Crippen LogP contribution < -0.4 is 10.1 Å². The van der Waals surface area contributed by atoms with Crippen molar-refractivity contribution >= 4 is 46.6 Å². The molecule has 0 heterocycles. The van der Waals surface area contributed by atoms with Crippen LogP contribution in [0.4, 0.5) is 0 Å². The van der Waals surface area contributed by atoms with Gasteiger partial charge in [0.05, 0.1) is 16.7 Å². The van der Waals surface area contributed by atoms with Crippen LogP contribution in [-0.4, -0.2) is 34.9 Å². The Bertz CT molecular complexity index is 927. The molecule has 0 saturated heterocycles. The quantitative estimate of drug-likeness (QED) is 0.422. The van der Waals surface area contributed by atoms with Crippen molar-refractivity contribution in [3.05, 3.63) is 63.1 Å². The van der Waals surface area contributed by atoms with E-state index in [1.54, 1.807) is 54.3 Å². The van der Waals surface area contributed by atoms with Gasteiger partial charge >= 0.3 is 0 Å². The summed E-state index contributed by atoms with van der Waals surface area (Å²) in [4.78, 5) is 27.4. The Hall–Kier alpha value is -1.95. The van der Waals surface area contributed by atoms with E-state index in [-0.39, 0.29) is 24.8 Å². The molecule has 0 aliphatic rings. The summed E-state index contributed by atoms with van der Waals surface area (Å²) in [6.07, 6.45) is 0.745. The van der Waals surface area contributed by atoms with E-state index in [1.807, 2.05) is 20.8 Å². The Morgan fingerprint density at radius 1 is 1.03 bits per heavy atom. The molecule has 2 aromatic rings. The first-order valence-electron chi connectivity index (χ1n) is 10.4. The Morgan fingerprint density at radius 3 is 2.28 bits per heavy atom. The molecule has 0 saturated carbocycles. The van der Waals surface area contributed by atoms with Gasteiger partial charge in [-0.2, -0.15) is 0 Å². The van der Waals surface area contributed by atoms with Crippen LogP contribution in [0.15, 0.2) is 42.5 Å². The molecule has 2 aromatic carbocycles. The highest BCUT2D eigenvalue weighted by Gasteiger charge is 2.28. The number of hydrogen-bond acceptors (Lipinski definition) is 3. The normalized spacial score (nSPS) is 12.2. The van der Waals surface area contributed by atoms with Crippen LogP contribution in [0.3, 0.4) is 0 Å². The largest absolute Gasteiger partial charge is 0.494 e. The molecule has 1 N–H and O–H groups in total. The number of halogens is 3. The summed E-state index contributed by atoms with van der Waals surface area (Å²) in [5.41, 5.74) is 0.386. The van der Waals surface area contributed by atoms with Crippen molar-refractivity contribution in [1.29, 1.82) is 0 Å². The molecular formula is C24H29Cl3N2O3. The minimum absolute atomic E-state index is 0.146. The first-order valence-corrected chi connectivity index (χ1v) is 11.5. The third-order valence-corrected chi connectivity index (χ3v) is 5.61. The Kier molecular flexibility index (Phi) is 9.68. The van der Waals surface area contributed by atoms with E-state index < -0.39 is 11.6 Å². The molecule has 0 unspecified atom stereocenters. The lowest BCUT2D eigenvalue weighted by Gasteiger charge is -2.31. The van der Waals surface area contributed by atoms with E-state index in [0.29, 0.717) is 33.8 Å².